The Labute approximate surface area is 97.5 Å². The molecule has 3 nitrogen and oxygen atoms in total. The standard InChI is InChI=1S/C12H13NO2S/c13-12(15)8-3-4-11-10(6-8)9(7-16-11)2-1-5-14/h3-4,6-7,14H,1-2,5H2,(H2,13,15). The zero-order valence-electron chi connectivity index (χ0n) is 8.77. The van der Waals surface area contributed by atoms with Crippen LogP contribution >= 0.6 is 11.3 Å². The molecule has 0 bridgehead atoms. The van der Waals surface area contributed by atoms with Gasteiger partial charge in [0.1, 0.15) is 0 Å². The second kappa shape index (κ2) is 4.63. The summed E-state index contributed by atoms with van der Waals surface area (Å²) in [7, 11) is 0. The van der Waals surface area contributed by atoms with Crippen LogP contribution in [0.25, 0.3) is 10.1 Å². The third-order valence-corrected chi connectivity index (χ3v) is 3.55. The highest BCUT2D eigenvalue weighted by molar-refractivity contribution is 7.17. The summed E-state index contributed by atoms with van der Waals surface area (Å²) in [5, 5.41) is 12.0. The smallest absolute Gasteiger partial charge is 0.248 e. The number of primary amides is 1. The van der Waals surface area contributed by atoms with Crippen LogP contribution in [0.4, 0.5) is 0 Å². The molecule has 3 N–H and O–H groups in total. The summed E-state index contributed by atoms with van der Waals surface area (Å²) in [6.07, 6.45) is 1.57. The van der Waals surface area contributed by atoms with Crippen LogP contribution in [0.5, 0.6) is 0 Å². The van der Waals surface area contributed by atoms with Crippen molar-refractivity contribution >= 4 is 27.3 Å². The number of aliphatic hydroxyl groups excluding tert-OH is 1. The number of nitrogens with two attached hydrogens (primary N) is 1. The lowest BCUT2D eigenvalue weighted by Crippen LogP contribution is -2.10. The fraction of sp³-hybridized carbons (Fsp3) is 0.250. The number of rotatable bonds is 4. The summed E-state index contributed by atoms with van der Waals surface area (Å²) in [5.74, 6) is -0.402. The van der Waals surface area contributed by atoms with E-state index in [1.807, 2.05) is 12.1 Å². The van der Waals surface area contributed by atoms with Gasteiger partial charge < -0.3 is 10.8 Å². The third-order valence-electron chi connectivity index (χ3n) is 2.54. The number of benzene rings is 1. The Morgan fingerprint density at radius 3 is 2.94 bits per heavy atom. The van der Waals surface area contributed by atoms with Crippen molar-refractivity contribution in [1.29, 1.82) is 0 Å². The van der Waals surface area contributed by atoms with Crippen molar-refractivity contribution in [3.8, 4) is 0 Å². The van der Waals surface area contributed by atoms with Gasteiger partial charge in [-0.15, -0.1) is 11.3 Å². The molecule has 0 aliphatic carbocycles. The number of carbonyl (C=O) groups is 1. The number of hydrogen-bond acceptors (Lipinski definition) is 3. The van der Waals surface area contributed by atoms with Gasteiger partial charge in [-0.05, 0) is 47.4 Å². The van der Waals surface area contributed by atoms with Gasteiger partial charge in [-0.25, -0.2) is 0 Å². The first-order chi connectivity index (χ1) is 7.72. The van der Waals surface area contributed by atoms with E-state index < -0.39 is 5.91 Å². The van der Waals surface area contributed by atoms with Crippen LogP contribution in [-0.4, -0.2) is 17.6 Å². The number of hydrogen-bond donors (Lipinski definition) is 2. The normalized spacial score (nSPS) is 10.8. The van der Waals surface area contributed by atoms with Crippen molar-refractivity contribution in [2.75, 3.05) is 6.61 Å². The van der Waals surface area contributed by atoms with Crippen LogP contribution in [0.3, 0.4) is 0 Å². The lowest BCUT2D eigenvalue weighted by atomic mass is 10.1. The SMILES string of the molecule is NC(=O)c1ccc2scc(CCCO)c2c1. The summed E-state index contributed by atoms with van der Waals surface area (Å²) < 4.78 is 1.15. The van der Waals surface area contributed by atoms with E-state index in [4.69, 9.17) is 10.8 Å². The van der Waals surface area contributed by atoms with Crippen LogP contribution < -0.4 is 5.73 Å². The first-order valence-corrected chi connectivity index (χ1v) is 6.01. The van der Waals surface area contributed by atoms with E-state index >= 15 is 0 Å². The Morgan fingerprint density at radius 1 is 1.44 bits per heavy atom. The quantitative estimate of drug-likeness (QED) is 0.850. The summed E-state index contributed by atoms with van der Waals surface area (Å²) >= 11 is 1.65. The molecule has 1 amide bonds. The predicted molar refractivity (Wildman–Crippen MR) is 65.7 cm³/mol. The van der Waals surface area contributed by atoms with Gasteiger partial charge in [-0.1, -0.05) is 0 Å². The number of amides is 1. The first-order valence-electron chi connectivity index (χ1n) is 5.13. The molecule has 2 rings (SSSR count). The molecule has 2 aromatic rings. The summed E-state index contributed by atoms with van der Waals surface area (Å²) in [5.41, 5.74) is 6.96. The van der Waals surface area contributed by atoms with Crippen molar-refractivity contribution in [3.05, 3.63) is 34.7 Å². The number of fused-ring (bicyclic) bond motifs is 1. The molecule has 1 aromatic heterocycles. The van der Waals surface area contributed by atoms with Crippen LogP contribution in [0, 0.1) is 0 Å². The Balaban J connectivity index is 2.43. The maximum Gasteiger partial charge on any atom is 0.248 e. The maximum absolute atomic E-state index is 11.1. The Kier molecular flexibility index (Phi) is 3.22. The monoisotopic (exact) mass is 235 g/mol. The van der Waals surface area contributed by atoms with Gasteiger partial charge in [0.15, 0.2) is 0 Å². The molecule has 0 aliphatic heterocycles. The molecular formula is C12H13NO2S. The van der Waals surface area contributed by atoms with Crippen LogP contribution in [0.1, 0.15) is 22.3 Å². The van der Waals surface area contributed by atoms with Gasteiger partial charge in [0.25, 0.3) is 0 Å². The molecule has 0 spiro atoms. The minimum atomic E-state index is -0.402. The second-order valence-electron chi connectivity index (χ2n) is 3.66. The van der Waals surface area contributed by atoms with Crippen molar-refractivity contribution in [2.24, 2.45) is 5.73 Å². The van der Waals surface area contributed by atoms with Gasteiger partial charge in [-0.3, -0.25) is 4.79 Å². The average molecular weight is 235 g/mol. The van der Waals surface area contributed by atoms with E-state index in [0.717, 1.165) is 22.9 Å². The molecule has 0 saturated heterocycles. The van der Waals surface area contributed by atoms with Crippen molar-refractivity contribution in [2.45, 2.75) is 12.8 Å². The second-order valence-corrected chi connectivity index (χ2v) is 4.57. The van der Waals surface area contributed by atoms with Crippen LogP contribution in [0.2, 0.25) is 0 Å². The molecule has 16 heavy (non-hydrogen) atoms. The maximum atomic E-state index is 11.1. The molecule has 0 radical (unpaired) electrons. The lowest BCUT2D eigenvalue weighted by molar-refractivity contribution is 0.100. The van der Waals surface area contributed by atoms with Gasteiger partial charge >= 0.3 is 0 Å². The van der Waals surface area contributed by atoms with E-state index in [1.54, 1.807) is 17.4 Å². The van der Waals surface area contributed by atoms with Gasteiger partial charge in [0.05, 0.1) is 0 Å². The minimum Gasteiger partial charge on any atom is -0.396 e. The Bertz CT molecular complexity index is 519. The van der Waals surface area contributed by atoms with E-state index in [-0.39, 0.29) is 6.61 Å². The van der Waals surface area contributed by atoms with E-state index in [9.17, 15) is 4.79 Å². The molecule has 0 saturated carbocycles. The van der Waals surface area contributed by atoms with Crippen molar-refractivity contribution in [1.82, 2.24) is 0 Å². The number of carbonyl (C=O) groups excluding carboxylic acids is 1. The predicted octanol–water partition coefficient (Wildman–Crippen LogP) is 1.93. The molecule has 84 valence electrons. The summed E-state index contributed by atoms with van der Waals surface area (Å²) in [4.78, 5) is 11.1. The molecule has 1 aromatic carbocycles. The van der Waals surface area contributed by atoms with Crippen LogP contribution in [0.15, 0.2) is 23.6 Å². The Morgan fingerprint density at radius 2 is 2.25 bits per heavy atom. The first kappa shape index (κ1) is 11.1. The van der Waals surface area contributed by atoms with E-state index in [0.29, 0.717) is 5.56 Å². The largest absolute Gasteiger partial charge is 0.396 e. The molecule has 0 atom stereocenters. The van der Waals surface area contributed by atoms with E-state index in [1.165, 1.54) is 5.56 Å². The Hall–Kier alpha value is -1.39. The number of aliphatic hydroxyl groups is 1. The van der Waals surface area contributed by atoms with Gasteiger partial charge in [0, 0.05) is 16.9 Å². The average Bonchev–Trinajstić information content (AvgIpc) is 2.68. The summed E-state index contributed by atoms with van der Waals surface area (Å²) in [6.45, 7) is 0.187. The molecular weight excluding hydrogens is 222 g/mol. The van der Waals surface area contributed by atoms with Crippen LogP contribution in [-0.2, 0) is 6.42 Å². The summed E-state index contributed by atoms with van der Waals surface area (Å²) in [6, 6.07) is 5.50. The zero-order chi connectivity index (χ0) is 11.5. The highest BCUT2D eigenvalue weighted by atomic mass is 32.1. The third kappa shape index (κ3) is 2.08. The highest BCUT2D eigenvalue weighted by Gasteiger charge is 2.07. The molecule has 0 fully saturated rings. The molecule has 0 unspecified atom stereocenters. The van der Waals surface area contributed by atoms with Crippen molar-refractivity contribution < 1.29 is 9.90 Å². The van der Waals surface area contributed by atoms with Gasteiger partial charge in [-0.2, -0.15) is 0 Å². The fourth-order valence-electron chi connectivity index (χ4n) is 1.70. The molecule has 4 heteroatoms. The highest BCUT2D eigenvalue weighted by Crippen LogP contribution is 2.27. The number of thiophene rings is 1. The number of aryl methyl sites for hydroxylation is 1. The fourth-order valence-corrected chi connectivity index (χ4v) is 2.68. The van der Waals surface area contributed by atoms with E-state index in [2.05, 4.69) is 5.38 Å². The molecule has 0 aliphatic rings. The minimum absolute atomic E-state index is 0.187. The topological polar surface area (TPSA) is 63.3 Å². The molecule has 1 heterocycles. The van der Waals surface area contributed by atoms with Gasteiger partial charge in [0.2, 0.25) is 5.91 Å². The zero-order valence-corrected chi connectivity index (χ0v) is 9.59. The van der Waals surface area contributed by atoms with Crippen molar-refractivity contribution in [3.63, 3.8) is 0 Å². The lowest BCUT2D eigenvalue weighted by Gasteiger charge is -1.99.